The van der Waals surface area contributed by atoms with E-state index in [-0.39, 0.29) is 5.91 Å². The predicted octanol–water partition coefficient (Wildman–Crippen LogP) is 1.52. The van der Waals surface area contributed by atoms with Crippen LogP contribution >= 0.6 is 0 Å². The molecule has 0 aliphatic heterocycles. The van der Waals surface area contributed by atoms with Crippen molar-refractivity contribution in [3.8, 4) is 0 Å². The lowest BCUT2D eigenvalue weighted by Gasteiger charge is -2.14. The van der Waals surface area contributed by atoms with Gasteiger partial charge in [0.05, 0.1) is 0 Å². The van der Waals surface area contributed by atoms with E-state index < -0.39 is 0 Å². The molecule has 16 heavy (non-hydrogen) atoms. The Hall–Kier alpha value is -1.09. The molecule has 0 heterocycles. The molecular formula is C13H20N2O. The van der Waals surface area contributed by atoms with E-state index in [1.165, 1.54) is 5.57 Å². The summed E-state index contributed by atoms with van der Waals surface area (Å²) in [6.07, 6.45) is 11.0. The average molecular weight is 220 g/mol. The van der Waals surface area contributed by atoms with Crippen LogP contribution in [0.4, 0.5) is 0 Å². The molecule has 0 aromatic rings. The van der Waals surface area contributed by atoms with Crippen molar-refractivity contribution in [3.63, 3.8) is 0 Å². The van der Waals surface area contributed by atoms with E-state index >= 15 is 0 Å². The van der Waals surface area contributed by atoms with E-state index in [2.05, 4.69) is 28.9 Å². The Kier molecular flexibility index (Phi) is 3.78. The zero-order valence-corrected chi connectivity index (χ0v) is 9.83. The van der Waals surface area contributed by atoms with Crippen molar-refractivity contribution in [2.24, 2.45) is 0 Å². The van der Waals surface area contributed by atoms with Gasteiger partial charge in [0.15, 0.2) is 0 Å². The van der Waals surface area contributed by atoms with Crippen LogP contribution < -0.4 is 10.6 Å². The van der Waals surface area contributed by atoms with Crippen molar-refractivity contribution < 1.29 is 4.79 Å². The van der Waals surface area contributed by atoms with Crippen molar-refractivity contribution in [1.82, 2.24) is 10.6 Å². The van der Waals surface area contributed by atoms with Gasteiger partial charge in [-0.15, -0.1) is 0 Å². The van der Waals surface area contributed by atoms with E-state index in [0.717, 1.165) is 32.2 Å². The SMILES string of the molecule is CC(=O)NC1CC=C(CNC2CC=CC2)C1. The summed E-state index contributed by atoms with van der Waals surface area (Å²) < 4.78 is 0. The van der Waals surface area contributed by atoms with Gasteiger partial charge in [0.2, 0.25) is 5.91 Å². The minimum absolute atomic E-state index is 0.0765. The molecule has 1 unspecified atom stereocenters. The quantitative estimate of drug-likeness (QED) is 0.705. The smallest absolute Gasteiger partial charge is 0.217 e. The lowest BCUT2D eigenvalue weighted by atomic mass is 10.1. The minimum Gasteiger partial charge on any atom is -0.353 e. The van der Waals surface area contributed by atoms with Crippen LogP contribution in [0.25, 0.3) is 0 Å². The van der Waals surface area contributed by atoms with Gasteiger partial charge in [0.1, 0.15) is 0 Å². The van der Waals surface area contributed by atoms with E-state index in [1.54, 1.807) is 6.92 Å². The third-order valence-corrected chi connectivity index (χ3v) is 3.23. The van der Waals surface area contributed by atoms with Crippen molar-refractivity contribution in [2.45, 2.75) is 44.7 Å². The highest BCUT2D eigenvalue weighted by Gasteiger charge is 2.18. The summed E-state index contributed by atoms with van der Waals surface area (Å²) in [7, 11) is 0. The summed E-state index contributed by atoms with van der Waals surface area (Å²) in [6, 6.07) is 0.955. The third kappa shape index (κ3) is 3.20. The maximum atomic E-state index is 10.9. The molecular weight excluding hydrogens is 200 g/mol. The zero-order chi connectivity index (χ0) is 11.4. The Labute approximate surface area is 97.0 Å². The van der Waals surface area contributed by atoms with Crippen LogP contribution in [0.3, 0.4) is 0 Å². The van der Waals surface area contributed by atoms with Crippen LogP contribution in [0, 0.1) is 0 Å². The van der Waals surface area contributed by atoms with E-state index in [1.807, 2.05) is 0 Å². The molecule has 88 valence electrons. The highest BCUT2D eigenvalue weighted by atomic mass is 16.1. The number of carbonyl (C=O) groups excluding carboxylic acids is 1. The largest absolute Gasteiger partial charge is 0.353 e. The number of hydrogen-bond acceptors (Lipinski definition) is 2. The highest BCUT2D eigenvalue weighted by molar-refractivity contribution is 5.73. The van der Waals surface area contributed by atoms with Crippen LogP contribution in [-0.2, 0) is 4.79 Å². The first-order valence-electron chi connectivity index (χ1n) is 6.07. The van der Waals surface area contributed by atoms with E-state index in [4.69, 9.17) is 0 Å². The molecule has 0 radical (unpaired) electrons. The first-order chi connectivity index (χ1) is 7.74. The van der Waals surface area contributed by atoms with Crippen molar-refractivity contribution >= 4 is 5.91 Å². The summed E-state index contributed by atoms with van der Waals surface area (Å²) in [4.78, 5) is 10.9. The Morgan fingerprint density at radius 1 is 1.31 bits per heavy atom. The second kappa shape index (κ2) is 5.30. The molecule has 2 rings (SSSR count). The molecule has 1 amide bonds. The van der Waals surface area contributed by atoms with Crippen molar-refractivity contribution in [1.29, 1.82) is 0 Å². The van der Waals surface area contributed by atoms with Gasteiger partial charge in [-0.1, -0.05) is 23.8 Å². The zero-order valence-electron chi connectivity index (χ0n) is 9.83. The summed E-state index contributed by atoms with van der Waals surface area (Å²) in [5, 5.41) is 6.52. The monoisotopic (exact) mass is 220 g/mol. The van der Waals surface area contributed by atoms with Gasteiger partial charge in [-0.25, -0.2) is 0 Å². The van der Waals surface area contributed by atoms with Gasteiger partial charge in [-0.3, -0.25) is 4.79 Å². The predicted molar refractivity (Wildman–Crippen MR) is 65.1 cm³/mol. The lowest BCUT2D eigenvalue weighted by Crippen LogP contribution is -2.32. The Bertz CT molecular complexity index is 312. The molecule has 2 N–H and O–H groups in total. The van der Waals surface area contributed by atoms with E-state index in [0.29, 0.717) is 12.1 Å². The molecule has 0 aromatic heterocycles. The molecule has 0 bridgehead atoms. The Morgan fingerprint density at radius 3 is 2.75 bits per heavy atom. The van der Waals surface area contributed by atoms with Gasteiger partial charge in [-0.2, -0.15) is 0 Å². The van der Waals surface area contributed by atoms with Crippen molar-refractivity contribution in [2.75, 3.05) is 6.54 Å². The van der Waals surface area contributed by atoms with E-state index in [9.17, 15) is 4.79 Å². The fourth-order valence-corrected chi connectivity index (χ4v) is 2.39. The topological polar surface area (TPSA) is 41.1 Å². The standard InChI is InChI=1S/C13H20N2O/c1-10(16)15-13-7-6-11(8-13)9-14-12-4-2-3-5-12/h2-3,6,12-14H,4-5,7-9H2,1H3,(H,15,16). The maximum Gasteiger partial charge on any atom is 0.217 e. The van der Waals surface area contributed by atoms with Gasteiger partial charge >= 0.3 is 0 Å². The first-order valence-corrected chi connectivity index (χ1v) is 6.07. The van der Waals surface area contributed by atoms with Crippen LogP contribution in [0.1, 0.15) is 32.6 Å². The van der Waals surface area contributed by atoms with Crippen LogP contribution in [0.15, 0.2) is 23.8 Å². The lowest BCUT2D eigenvalue weighted by molar-refractivity contribution is -0.119. The molecule has 0 aromatic carbocycles. The van der Waals surface area contributed by atoms with Crippen LogP contribution in [0.5, 0.6) is 0 Å². The number of carbonyl (C=O) groups is 1. The van der Waals surface area contributed by atoms with Crippen LogP contribution in [0.2, 0.25) is 0 Å². The molecule has 3 nitrogen and oxygen atoms in total. The summed E-state index contributed by atoms with van der Waals surface area (Å²) >= 11 is 0. The van der Waals surface area contributed by atoms with Gasteiger partial charge in [-0.05, 0) is 25.7 Å². The molecule has 0 fully saturated rings. The fourth-order valence-electron chi connectivity index (χ4n) is 2.39. The summed E-state index contributed by atoms with van der Waals surface area (Å²) in [5.74, 6) is 0.0765. The second-order valence-corrected chi connectivity index (χ2v) is 4.72. The van der Waals surface area contributed by atoms with Gasteiger partial charge in [0.25, 0.3) is 0 Å². The van der Waals surface area contributed by atoms with Crippen molar-refractivity contribution in [3.05, 3.63) is 23.8 Å². The summed E-state index contributed by atoms with van der Waals surface area (Å²) in [6.45, 7) is 2.56. The van der Waals surface area contributed by atoms with Crippen LogP contribution in [-0.4, -0.2) is 24.5 Å². The number of rotatable bonds is 4. The van der Waals surface area contributed by atoms with Gasteiger partial charge in [0, 0.05) is 25.6 Å². The molecule has 2 aliphatic rings. The normalized spacial score (nSPS) is 24.8. The number of hydrogen-bond donors (Lipinski definition) is 2. The third-order valence-electron chi connectivity index (χ3n) is 3.23. The molecule has 2 aliphatic carbocycles. The molecule has 3 heteroatoms. The number of nitrogens with one attached hydrogen (secondary N) is 2. The fraction of sp³-hybridized carbons (Fsp3) is 0.615. The highest BCUT2D eigenvalue weighted by Crippen LogP contribution is 2.19. The maximum absolute atomic E-state index is 10.9. The number of amides is 1. The Morgan fingerprint density at radius 2 is 2.06 bits per heavy atom. The summed E-state index contributed by atoms with van der Waals surface area (Å²) in [5.41, 5.74) is 1.44. The average Bonchev–Trinajstić information content (AvgIpc) is 2.84. The molecule has 0 spiro atoms. The molecule has 0 saturated carbocycles. The minimum atomic E-state index is 0.0765. The van der Waals surface area contributed by atoms with Gasteiger partial charge < -0.3 is 10.6 Å². The second-order valence-electron chi connectivity index (χ2n) is 4.72. The molecule has 1 atom stereocenters. The first kappa shape index (κ1) is 11.4. The Balaban J connectivity index is 1.66. The molecule has 0 saturated heterocycles.